The van der Waals surface area contributed by atoms with Gasteiger partial charge in [0, 0.05) is 49.6 Å². The van der Waals surface area contributed by atoms with E-state index < -0.39 is 0 Å². The average Bonchev–Trinajstić information content (AvgIpc) is 2.94. The van der Waals surface area contributed by atoms with Gasteiger partial charge in [0.15, 0.2) is 0 Å². The number of aromatic nitrogens is 1. The molecule has 2 fully saturated rings. The Labute approximate surface area is 221 Å². The van der Waals surface area contributed by atoms with Crippen LogP contribution < -0.4 is 4.74 Å². The smallest absolute Gasteiger partial charge is 0.225 e. The minimum absolute atomic E-state index is 0.258. The molecule has 1 atom stereocenters. The molecule has 1 amide bonds. The number of hydrogen-bond donors (Lipinski definition) is 0. The van der Waals surface area contributed by atoms with Gasteiger partial charge < -0.3 is 9.64 Å². The van der Waals surface area contributed by atoms with Crippen molar-refractivity contribution >= 4 is 16.8 Å². The highest BCUT2D eigenvalue weighted by Gasteiger charge is 2.32. The Hall–Kier alpha value is -2.92. The van der Waals surface area contributed by atoms with E-state index in [0.717, 1.165) is 63.0 Å². The number of pyridine rings is 1. The molecular formula is C32H41N3O2. The summed E-state index contributed by atoms with van der Waals surface area (Å²) in [4.78, 5) is 22.3. The fourth-order valence-electron chi connectivity index (χ4n) is 6.17. The van der Waals surface area contributed by atoms with E-state index in [1.54, 1.807) is 0 Å². The second-order valence-electron chi connectivity index (χ2n) is 11.0. The molecule has 5 heteroatoms. The van der Waals surface area contributed by atoms with E-state index in [2.05, 4.69) is 64.3 Å². The monoisotopic (exact) mass is 499 g/mol. The second-order valence-corrected chi connectivity index (χ2v) is 11.0. The zero-order valence-corrected chi connectivity index (χ0v) is 22.3. The van der Waals surface area contributed by atoms with Gasteiger partial charge in [0.05, 0.1) is 12.1 Å². The molecule has 5 rings (SSSR count). The summed E-state index contributed by atoms with van der Waals surface area (Å²) in [6.45, 7) is 3.26. The van der Waals surface area contributed by atoms with Crippen LogP contribution in [0, 0.1) is 5.92 Å². The van der Waals surface area contributed by atoms with Gasteiger partial charge in [-0.05, 0) is 68.5 Å². The molecule has 0 radical (unpaired) electrons. The van der Waals surface area contributed by atoms with Crippen LogP contribution in [0.1, 0.15) is 68.9 Å². The molecular weight excluding hydrogens is 458 g/mol. The van der Waals surface area contributed by atoms with Crippen LogP contribution in [0.4, 0.5) is 0 Å². The lowest BCUT2D eigenvalue weighted by Crippen LogP contribution is -2.47. The maximum absolute atomic E-state index is 13.2. The van der Waals surface area contributed by atoms with Crippen molar-refractivity contribution in [1.29, 1.82) is 0 Å². The Morgan fingerprint density at radius 2 is 1.78 bits per heavy atom. The SMILES string of the molecule is CN(Cc1cccc(OCC[C@@H]2CCCCN2C(=O)C2CCCCC2)c1)Cc1cccc2cccnc12. The summed E-state index contributed by atoms with van der Waals surface area (Å²) in [5.41, 5.74) is 3.56. The van der Waals surface area contributed by atoms with Crippen molar-refractivity contribution in [2.45, 2.75) is 76.9 Å². The largest absolute Gasteiger partial charge is 0.494 e. The quantitative estimate of drug-likeness (QED) is 0.333. The van der Waals surface area contributed by atoms with Crippen molar-refractivity contribution in [3.8, 4) is 5.75 Å². The third kappa shape index (κ3) is 6.70. The Bertz CT molecular complexity index is 1170. The summed E-state index contributed by atoms with van der Waals surface area (Å²) in [5, 5.41) is 1.18. The molecule has 0 bridgehead atoms. The van der Waals surface area contributed by atoms with Crippen molar-refractivity contribution in [1.82, 2.24) is 14.8 Å². The maximum Gasteiger partial charge on any atom is 0.225 e. The summed E-state index contributed by atoms with van der Waals surface area (Å²) in [5.74, 6) is 1.59. The van der Waals surface area contributed by atoms with E-state index >= 15 is 0 Å². The Kier molecular flexibility index (Phi) is 8.72. The van der Waals surface area contributed by atoms with Crippen molar-refractivity contribution < 1.29 is 9.53 Å². The molecule has 1 saturated carbocycles. The summed E-state index contributed by atoms with van der Waals surface area (Å²) in [7, 11) is 2.15. The van der Waals surface area contributed by atoms with Gasteiger partial charge in [-0.2, -0.15) is 0 Å². The van der Waals surface area contributed by atoms with Crippen LogP contribution in [0.15, 0.2) is 60.8 Å². The minimum atomic E-state index is 0.258. The Balaban J connectivity index is 1.14. The second kappa shape index (κ2) is 12.6. The normalized spacial score (nSPS) is 18.9. The third-order valence-corrected chi connectivity index (χ3v) is 8.09. The summed E-state index contributed by atoms with van der Waals surface area (Å²) >= 11 is 0. The van der Waals surface area contributed by atoms with Crippen molar-refractivity contribution in [3.63, 3.8) is 0 Å². The van der Waals surface area contributed by atoms with Gasteiger partial charge in [0.25, 0.3) is 0 Å². The lowest BCUT2D eigenvalue weighted by atomic mass is 9.87. The van der Waals surface area contributed by atoms with E-state index in [1.807, 2.05) is 18.3 Å². The number of piperidine rings is 1. The Morgan fingerprint density at radius 1 is 0.973 bits per heavy atom. The highest BCUT2D eigenvalue weighted by atomic mass is 16.5. The van der Waals surface area contributed by atoms with Crippen LogP contribution in [0.3, 0.4) is 0 Å². The number of amides is 1. The lowest BCUT2D eigenvalue weighted by Gasteiger charge is -2.38. The molecule has 2 heterocycles. The van der Waals surface area contributed by atoms with Gasteiger partial charge in [-0.3, -0.25) is 14.7 Å². The first-order chi connectivity index (χ1) is 18.2. The highest BCUT2D eigenvalue weighted by Crippen LogP contribution is 2.29. The molecule has 1 saturated heterocycles. The summed E-state index contributed by atoms with van der Waals surface area (Å²) < 4.78 is 6.21. The number of benzene rings is 2. The van der Waals surface area contributed by atoms with E-state index in [0.29, 0.717) is 18.6 Å². The van der Waals surface area contributed by atoms with E-state index in [1.165, 1.54) is 42.2 Å². The predicted molar refractivity (Wildman–Crippen MR) is 149 cm³/mol. The van der Waals surface area contributed by atoms with Crippen LogP contribution >= 0.6 is 0 Å². The van der Waals surface area contributed by atoms with Gasteiger partial charge >= 0.3 is 0 Å². The first-order valence-corrected chi connectivity index (χ1v) is 14.2. The number of para-hydroxylation sites is 1. The third-order valence-electron chi connectivity index (χ3n) is 8.09. The Morgan fingerprint density at radius 3 is 2.68 bits per heavy atom. The van der Waals surface area contributed by atoms with Gasteiger partial charge in [-0.1, -0.05) is 55.7 Å². The fraction of sp³-hybridized carbons (Fsp3) is 0.500. The molecule has 196 valence electrons. The van der Waals surface area contributed by atoms with Gasteiger partial charge in [-0.25, -0.2) is 0 Å². The number of carbonyl (C=O) groups excluding carboxylic acids is 1. The number of fused-ring (bicyclic) bond motifs is 1. The number of nitrogens with zero attached hydrogens (tertiary/aromatic N) is 3. The molecule has 1 aliphatic carbocycles. The van der Waals surface area contributed by atoms with Gasteiger partial charge in [0.2, 0.25) is 5.91 Å². The highest BCUT2D eigenvalue weighted by molar-refractivity contribution is 5.81. The number of rotatable bonds is 9. The molecule has 37 heavy (non-hydrogen) atoms. The molecule has 3 aromatic rings. The number of likely N-dealkylation sites (tertiary alicyclic amines) is 1. The molecule has 2 aliphatic rings. The van der Waals surface area contributed by atoms with Crippen LogP contribution in [-0.2, 0) is 17.9 Å². The molecule has 0 unspecified atom stereocenters. The maximum atomic E-state index is 13.2. The minimum Gasteiger partial charge on any atom is -0.494 e. The molecule has 0 spiro atoms. The van der Waals surface area contributed by atoms with Crippen LogP contribution in [0.2, 0.25) is 0 Å². The summed E-state index contributed by atoms with van der Waals surface area (Å²) in [6.07, 6.45) is 12.1. The number of carbonyl (C=O) groups is 1. The standard InChI is InChI=1S/C32H41N3O2/c1-34(24-28-14-8-13-26-15-9-19-33-31(26)28)23-25-10-7-17-30(22-25)37-21-18-29-16-5-6-20-35(29)32(36)27-11-3-2-4-12-27/h7-10,13-15,17,19,22,27,29H,2-6,11-12,16,18,20-21,23-24H2,1H3/t29-/m0/s1. The van der Waals surface area contributed by atoms with Crippen molar-refractivity contribution in [3.05, 3.63) is 71.9 Å². The average molecular weight is 500 g/mol. The van der Waals surface area contributed by atoms with Gasteiger partial charge in [-0.15, -0.1) is 0 Å². The number of ether oxygens (including phenoxy) is 1. The van der Waals surface area contributed by atoms with Crippen LogP contribution in [0.5, 0.6) is 5.75 Å². The first-order valence-electron chi connectivity index (χ1n) is 14.2. The fourth-order valence-corrected chi connectivity index (χ4v) is 6.17. The topological polar surface area (TPSA) is 45.7 Å². The summed E-state index contributed by atoms with van der Waals surface area (Å²) in [6, 6.07) is 19.3. The van der Waals surface area contributed by atoms with E-state index in [9.17, 15) is 4.79 Å². The molecule has 1 aliphatic heterocycles. The van der Waals surface area contributed by atoms with E-state index in [-0.39, 0.29) is 5.92 Å². The molecule has 1 aromatic heterocycles. The molecule has 0 N–H and O–H groups in total. The van der Waals surface area contributed by atoms with Crippen molar-refractivity contribution in [2.24, 2.45) is 5.92 Å². The van der Waals surface area contributed by atoms with Gasteiger partial charge in [0.1, 0.15) is 5.75 Å². The molecule has 2 aromatic carbocycles. The van der Waals surface area contributed by atoms with Crippen LogP contribution in [-0.4, -0.2) is 46.9 Å². The zero-order valence-electron chi connectivity index (χ0n) is 22.3. The lowest BCUT2D eigenvalue weighted by molar-refractivity contribution is -0.140. The van der Waals surface area contributed by atoms with E-state index in [4.69, 9.17) is 4.74 Å². The first kappa shape index (κ1) is 25.7. The number of hydrogen-bond acceptors (Lipinski definition) is 4. The van der Waals surface area contributed by atoms with Crippen LogP contribution in [0.25, 0.3) is 10.9 Å². The predicted octanol–water partition coefficient (Wildman–Crippen LogP) is 6.60. The molecule has 5 nitrogen and oxygen atoms in total. The zero-order chi connectivity index (χ0) is 25.5. The van der Waals surface area contributed by atoms with Crippen molar-refractivity contribution in [2.75, 3.05) is 20.2 Å².